The number of aryl methyl sites for hydroxylation is 1. The van der Waals surface area contributed by atoms with Gasteiger partial charge in [-0.2, -0.15) is 0 Å². The second kappa shape index (κ2) is 6.72. The van der Waals surface area contributed by atoms with Gasteiger partial charge in [0.05, 0.1) is 5.02 Å². The minimum Gasteiger partial charge on any atom is -0.457 e. The smallest absolute Gasteiger partial charge is 0.344 e. The van der Waals surface area contributed by atoms with Crippen molar-refractivity contribution < 1.29 is 23.5 Å². The van der Waals surface area contributed by atoms with E-state index in [0.29, 0.717) is 33.5 Å². The SMILES string of the molecule is Cc1onc(-c2ccccc2Cl)c1C(=O)OCc1ccc2c(c1)OCO2. The molecular formula is C19H14ClNO5. The van der Waals surface area contributed by atoms with Crippen molar-refractivity contribution in [2.24, 2.45) is 0 Å². The molecule has 0 fully saturated rings. The fourth-order valence-electron chi connectivity index (χ4n) is 2.70. The molecule has 7 heteroatoms. The number of nitrogens with zero attached hydrogens (tertiary/aromatic N) is 1. The molecule has 2 heterocycles. The predicted octanol–water partition coefficient (Wildman–Crippen LogP) is 4.39. The Bertz CT molecular complexity index is 982. The second-order valence-corrected chi connectivity index (χ2v) is 6.11. The second-order valence-electron chi connectivity index (χ2n) is 5.71. The van der Waals surface area contributed by atoms with Crippen LogP contribution in [0.15, 0.2) is 47.0 Å². The third kappa shape index (κ3) is 2.99. The third-order valence-electron chi connectivity index (χ3n) is 4.00. The van der Waals surface area contributed by atoms with Crippen molar-refractivity contribution in [3.05, 3.63) is 64.4 Å². The van der Waals surface area contributed by atoms with Gasteiger partial charge in [-0.25, -0.2) is 4.79 Å². The van der Waals surface area contributed by atoms with Crippen LogP contribution in [-0.4, -0.2) is 17.9 Å². The Balaban J connectivity index is 1.56. The Hall–Kier alpha value is -2.99. The molecule has 0 spiro atoms. The lowest BCUT2D eigenvalue weighted by Gasteiger charge is -2.07. The van der Waals surface area contributed by atoms with Gasteiger partial charge in [0.1, 0.15) is 23.6 Å². The number of rotatable bonds is 4. The minimum atomic E-state index is -0.531. The highest BCUT2D eigenvalue weighted by molar-refractivity contribution is 6.33. The van der Waals surface area contributed by atoms with Crippen molar-refractivity contribution in [3.8, 4) is 22.8 Å². The first-order chi connectivity index (χ1) is 12.6. The van der Waals surface area contributed by atoms with Crippen molar-refractivity contribution in [1.82, 2.24) is 5.16 Å². The van der Waals surface area contributed by atoms with Crippen molar-refractivity contribution >= 4 is 17.6 Å². The molecule has 0 atom stereocenters. The summed E-state index contributed by atoms with van der Waals surface area (Å²) < 4.78 is 21.2. The molecule has 0 aliphatic carbocycles. The molecule has 4 rings (SSSR count). The van der Waals surface area contributed by atoms with Crippen LogP contribution >= 0.6 is 11.6 Å². The molecule has 0 N–H and O–H groups in total. The molecule has 6 nitrogen and oxygen atoms in total. The van der Waals surface area contributed by atoms with Crippen LogP contribution in [0.2, 0.25) is 5.02 Å². The van der Waals surface area contributed by atoms with Crippen molar-refractivity contribution in [2.75, 3.05) is 6.79 Å². The molecule has 0 amide bonds. The van der Waals surface area contributed by atoms with Crippen molar-refractivity contribution in [1.29, 1.82) is 0 Å². The van der Waals surface area contributed by atoms with Gasteiger partial charge in [-0.3, -0.25) is 0 Å². The first kappa shape index (κ1) is 16.5. The summed E-state index contributed by atoms with van der Waals surface area (Å²) in [5.41, 5.74) is 2.03. The fraction of sp³-hybridized carbons (Fsp3) is 0.158. The lowest BCUT2D eigenvalue weighted by atomic mass is 10.1. The normalized spacial score (nSPS) is 12.2. The van der Waals surface area contributed by atoms with Crippen LogP contribution in [0.5, 0.6) is 11.5 Å². The van der Waals surface area contributed by atoms with Crippen LogP contribution in [0.4, 0.5) is 0 Å². The van der Waals surface area contributed by atoms with Crippen LogP contribution in [0.1, 0.15) is 21.7 Å². The number of halogens is 1. The summed E-state index contributed by atoms with van der Waals surface area (Å²) in [6.07, 6.45) is 0. The van der Waals surface area contributed by atoms with Gasteiger partial charge in [-0.1, -0.05) is 41.0 Å². The van der Waals surface area contributed by atoms with Crippen LogP contribution in [0.3, 0.4) is 0 Å². The highest BCUT2D eigenvalue weighted by atomic mass is 35.5. The lowest BCUT2D eigenvalue weighted by Crippen LogP contribution is -2.07. The molecule has 132 valence electrons. The van der Waals surface area contributed by atoms with E-state index in [1.54, 1.807) is 37.3 Å². The highest BCUT2D eigenvalue weighted by Gasteiger charge is 2.24. The van der Waals surface area contributed by atoms with Gasteiger partial charge in [-0.05, 0) is 30.7 Å². The number of ether oxygens (including phenoxy) is 3. The first-order valence-corrected chi connectivity index (χ1v) is 8.28. The summed E-state index contributed by atoms with van der Waals surface area (Å²) in [4.78, 5) is 12.6. The van der Waals surface area contributed by atoms with E-state index >= 15 is 0 Å². The van der Waals surface area contributed by atoms with Gasteiger partial charge < -0.3 is 18.7 Å². The van der Waals surface area contributed by atoms with E-state index in [1.165, 1.54) is 0 Å². The van der Waals surface area contributed by atoms with E-state index in [4.69, 9.17) is 30.3 Å². The Labute approximate surface area is 154 Å². The topological polar surface area (TPSA) is 70.8 Å². The number of fused-ring (bicyclic) bond motifs is 1. The van der Waals surface area contributed by atoms with Crippen LogP contribution in [0.25, 0.3) is 11.3 Å². The average molecular weight is 372 g/mol. The number of carbonyl (C=O) groups excluding carboxylic acids is 1. The zero-order valence-corrected chi connectivity index (χ0v) is 14.6. The highest BCUT2D eigenvalue weighted by Crippen LogP contribution is 2.34. The quantitative estimate of drug-likeness (QED) is 0.633. The molecule has 1 aromatic heterocycles. The van der Waals surface area contributed by atoms with E-state index < -0.39 is 5.97 Å². The Kier molecular flexibility index (Phi) is 4.26. The summed E-state index contributed by atoms with van der Waals surface area (Å²) in [5, 5.41) is 4.45. The van der Waals surface area contributed by atoms with E-state index in [0.717, 1.165) is 5.56 Å². The van der Waals surface area contributed by atoms with Gasteiger partial charge in [0, 0.05) is 5.56 Å². The number of esters is 1. The van der Waals surface area contributed by atoms with Crippen LogP contribution in [0, 0.1) is 6.92 Å². The summed E-state index contributed by atoms with van der Waals surface area (Å²) >= 11 is 6.21. The van der Waals surface area contributed by atoms with Crippen molar-refractivity contribution in [3.63, 3.8) is 0 Å². The third-order valence-corrected chi connectivity index (χ3v) is 4.33. The molecule has 0 saturated carbocycles. The number of hydrogen-bond acceptors (Lipinski definition) is 6. The van der Waals surface area contributed by atoms with E-state index in [2.05, 4.69) is 5.16 Å². The Morgan fingerprint density at radius 2 is 2.00 bits per heavy atom. The molecule has 0 bridgehead atoms. The zero-order valence-electron chi connectivity index (χ0n) is 13.8. The van der Waals surface area contributed by atoms with Gasteiger partial charge in [0.25, 0.3) is 0 Å². The predicted molar refractivity (Wildman–Crippen MR) is 93.4 cm³/mol. The monoisotopic (exact) mass is 371 g/mol. The van der Waals surface area contributed by atoms with Crippen LogP contribution < -0.4 is 9.47 Å². The number of hydrogen-bond donors (Lipinski definition) is 0. The molecule has 0 unspecified atom stereocenters. The molecule has 3 aromatic rings. The van der Waals surface area contributed by atoms with E-state index in [9.17, 15) is 4.79 Å². The van der Waals surface area contributed by atoms with Gasteiger partial charge in [0.2, 0.25) is 6.79 Å². The molecule has 0 saturated heterocycles. The van der Waals surface area contributed by atoms with Gasteiger partial charge >= 0.3 is 5.97 Å². The molecule has 2 aromatic carbocycles. The maximum absolute atomic E-state index is 12.6. The molecule has 1 aliphatic heterocycles. The van der Waals surface area contributed by atoms with Gasteiger partial charge in [-0.15, -0.1) is 0 Å². The maximum atomic E-state index is 12.6. The van der Waals surface area contributed by atoms with E-state index in [-0.39, 0.29) is 19.0 Å². The first-order valence-electron chi connectivity index (χ1n) is 7.90. The summed E-state index contributed by atoms with van der Waals surface area (Å²) in [5.74, 6) is 1.15. The molecule has 26 heavy (non-hydrogen) atoms. The van der Waals surface area contributed by atoms with Crippen molar-refractivity contribution in [2.45, 2.75) is 13.5 Å². The Morgan fingerprint density at radius 1 is 1.19 bits per heavy atom. The minimum absolute atomic E-state index is 0.0854. The molecule has 1 aliphatic rings. The lowest BCUT2D eigenvalue weighted by molar-refractivity contribution is 0.0471. The maximum Gasteiger partial charge on any atom is 0.344 e. The number of benzene rings is 2. The standard InChI is InChI=1S/C19H14ClNO5/c1-11-17(18(21-26-11)13-4-2-3-5-14(13)20)19(22)23-9-12-6-7-15-16(8-12)25-10-24-15/h2-8H,9-10H2,1H3. The molecular weight excluding hydrogens is 358 g/mol. The summed E-state index contributed by atoms with van der Waals surface area (Å²) in [6, 6.07) is 12.5. The van der Waals surface area contributed by atoms with E-state index in [1.807, 2.05) is 12.1 Å². The summed E-state index contributed by atoms with van der Waals surface area (Å²) in [7, 11) is 0. The zero-order chi connectivity index (χ0) is 18.1. The Morgan fingerprint density at radius 3 is 2.85 bits per heavy atom. The largest absolute Gasteiger partial charge is 0.457 e. The van der Waals surface area contributed by atoms with Crippen LogP contribution in [-0.2, 0) is 11.3 Å². The van der Waals surface area contributed by atoms with Gasteiger partial charge in [0.15, 0.2) is 11.5 Å². The number of carbonyl (C=O) groups is 1. The molecule has 0 radical (unpaired) electrons. The fourth-order valence-corrected chi connectivity index (χ4v) is 2.93. The number of aromatic nitrogens is 1. The average Bonchev–Trinajstić information content (AvgIpc) is 3.26. The summed E-state index contributed by atoms with van der Waals surface area (Å²) in [6.45, 7) is 1.94.